The Morgan fingerprint density at radius 2 is 1.00 bits per heavy atom. The minimum Gasteiger partial charge on any atom is -0.480 e. The summed E-state index contributed by atoms with van der Waals surface area (Å²) in [5.41, 5.74) is 0. The van der Waals surface area contributed by atoms with E-state index in [-0.39, 0.29) is 30.8 Å². The van der Waals surface area contributed by atoms with Gasteiger partial charge in [-0.05, 0) is 12.8 Å². The Bertz CT molecular complexity index is 468. The highest BCUT2D eigenvalue weighted by Crippen LogP contribution is 2.04. The minimum atomic E-state index is -3.66. The van der Waals surface area contributed by atoms with Crippen molar-refractivity contribution in [1.82, 2.24) is 0 Å². The van der Waals surface area contributed by atoms with Crippen LogP contribution in [-0.2, 0) is 29.3 Å². The molecule has 0 aliphatic carbocycles. The molecule has 112 valence electrons. The van der Waals surface area contributed by atoms with Crippen molar-refractivity contribution in [2.24, 2.45) is 0 Å². The van der Waals surface area contributed by atoms with Crippen LogP contribution in [0, 0.1) is 0 Å². The second-order valence-corrected chi connectivity index (χ2v) is 8.40. The fourth-order valence-electron chi connectivity index (χ4n) is 1.34. The largest absolute Gasteiger partial charge is 0.480 e. The fourth-order valence-corrected chi connectivity index (χ4v) is 3.67. The number of hydrogen-bond acceptors (Lipinski definition) is 6. The van der Waals surface area contributed by atoms with Gasteiger partial charge in [-0.2, -0.15) is 0 Å². The highest BCUT2D eigenvalue weighted by atomic mass is 32.2. The maximum absolute atomic E-state index is 11.2. The zero-order chi connectivity index (χ0) is 15.1. The highest BCUT2D eigenvalue weighted by Gasteiger charge is 2.17. The van der Waals surface area contributed by atoms with Gasteiger partial charge in [0.15, 0.2) is 19.7 Å². The van der Waals surface area contributed by atoms with Crippen molar-refractivity contribution in [3.05, 3.63) is 0 Å². The van der Waals surface area contributed by atoms with Gasteiger partial charge in [-0.15, -0.1) is 0 Å². The minimum absolute atomic E-state index is 0.151. The Balaban J connectivity index is 3.95. The lowest BCUT2D eigenvalue weighted by molar-refractivity contribution is -0.135. The van der Waals surface area contributed by atoms with E-state index in [0.29, 0.717) is 0 Å². The van der Waals surface area contributed by atoms with Crippen LogP contribution in [0.25, 0.3) is 0 Å². The summed E-state index contributed by atoms with van der Waals surface area (Å²) in [4.78, 5) is 20.4. The standard InChI is InChI=1S/C9H16O8S2/c10-8(11)6-18(14,15)4-2-1-3-5-19(16,17)7-9(12)13/h1-7H2,(H,10,11)(H,12,13). The topological polar surface area (TPSA) is 143 Å². The Labute approximate surface area is 111 Å². The van der Waals surface area contributed by atoms with Gasteiger partial charge in [0.05, 0.1) is 11.5 Å². The van der Waals surface area contributed by atoms with Gasteiger partial charge in [0.25, 0.3) is 0 Å². The van der Waals surface area contributed by atoms with Crippen molar-refractivity contribution in [2.45, 2.75) is 19.3 Å². The number of unbranched alkanes of at least 4 members (excludes halogenated alkanes) is 2. The van der Waals surface area contributed by atoms with Crippen LogP contribution >= 0.6 is 0 Å². The van der Waals surface area contributed by atoms with E-state index in [1.165, 1.54) is 0 Å². The molecule has 0 radical (unpaired) electrons. The first-order valence-electron chi connectivity index (χ1n) is 5.38. The lowest BCUT2D eigenvalue weighted by Gasteiger charge is -2.03. The van der Waals surface area contributed by atoms with Crippen LogP contribution in [0.2, 0.25) is 0 Å². The van der Waals surface area contributed by atoms with Crippen LogP contribution in [0.5, 0.6) is 0 Å². The Kier molecular flexibility index (Phi) is 6.98. The molecular formula is C9H16O8S2. The number of hydrogen-bond donors (Lipinski definition) is 2. The normalized spacial score (nSPS) is 12.2. The van der Waals surface area contributed by atoms with Crippen molar-refractivity contribution in [1.29, 1.82) is 0 Å². The van der Waals surface area contributed by atoms with Gasteiger partial charge in [-0.3, -0.25) is 9.59 Å². The summed E-state index contributed by atoms with van der Waals surface area (Å²) in [5.74, 6) is -5.38. The molecule has 0 spiro atoms. The molecule has 0 heterocycles. The van der Waals surface area contributed by atoms with Crippen LogP contribution in [-0.4, -0.2) is 62.0 Å². The van der Waals surface area contributed by atoms with Crippen molar-refractivity contribution in [3.63, 3.8) is 0 Å². The molecule has 0 rings (SSSR count). The Morgan fingerprint density at radius 3 is 1.26 bits per heavy atom. The molecular weight excluding hydrogens is 300 g/mol. The van der Waals surface area contributed by atoms with Gasteiger partial charge in [0.1, 0.15) is 11.5 Å². The summed E-state index contributed by atoms with van der Waals surface area (Å²) >= 11 is 0. The molecule has 2 N–H and O–H groups in total. The van der Waals surface area contributed by atoms with Crippen LogP contribution in [0.1, 0.15) is 19.3 Å². The quantitative estimate of drug-likeness (QED) is 0.496. The molecule has 0 aromatic carbocycles. The van der Waals surface area contributed by atoms with Crippen LogP contribution in [0.4, 0.5) is 0 Å². The SMILES string of the molecule is O=C(O)CS(=O)(=O)CCCCCS(=O)(=O)CC(=O)O. The van der Waals surface area contributed by atoms with Gasteiger partial charge >= 0.3 is 11.9 Å². The number of carbonyl (C=O) groups is 2. The molecule has 0 aromatic rings. The molecule has 0 unspecified atom stereocenters. The van der Waals surface area contributed by atoms with Crippen LogP contribution < -0.4 is 0 Å². The first-order valence-corrected chi connectivity index (χ1v) is 9.03. The molecule has 0 saturated carbocycles. The molecule has 0 aromatic heterocycles. The number of sulfone groups is 2. The third kappa shape index (κ3) is 10.4. The molecule has 8 nitrogen and oxygen atoms in total. The third-order valence-corrected chi connectivity index (χ3v) is 5.29. The molecule has 10 heteroatoms. The summed E-state index contributed by atoms with van der Waals surface area (Å²) in [6.07, 6.45) is 0.577. The molecule has 0 bridgehead atoms. The summed E-state index contributed by atoms with van der Waals surface area (Å²) in [6.45, 7) is 0. The first kappa shape index (κ1) is 17.8. The summed E-state index contributed by atoms with van der Waals surface area (Å²) < 4.78 is 44.7. The molecule has 0 atom stereocenters. The van der Waals surface area contributed by atoms with E-state index in [1.807, 2.05) is 0 Å². The van der Waals surface area contributed by atoms with Crippen LogP contribution in [0.3, 0.4) is 0 Å². The number of aliphatic carboxylic acids is 2. The third-order valence-electron chi connectivity index (χ3n) is 2.10. The van der Waals surface area contributed by atoms with Gasteiger partial charge < -0.3 is 10.2 Å². The fraction of sp³-hybridized carbons (Fsp3) is 0.778. The van der Waals surface area contributed by atoms with Gasteiger partial charge in [-0.1, -0.05) is 6.42 Å². The molecule has 19 heavy (non-hydrogen) atoms. The zero-order valence-electron chi connectivity index (χ0n) is 10.1. The summed E-state index contributed by atoms with van der Waals surface area (Å²) in [6, 6.07) is 0. The summed E-state index contributed by atoms with van der Waals surface area (Å²) in [5, 5.41) is 16.7. The average Bonchev–Trinajstić information content (AvgIpc) is 2.11. The van der Waals surface area contributed by atoms with E-state index in [0.717, 1.165) is 0 Å². The smallest absolute Gasteiger partial charge is 0.318 e. The van der Waals surface area contributed by atoms with Crippen molar-refractivity contribution >= 4 is 31.6 Å². The maximum Gasteiger partial charge on any atom is 0.318 e. The second kappa shape index (κ2) is 7.43. The van der Waals surface area contributed by atoms with Gasteiger partial charge in [-0.25, -0.2) is 16.8 Å². The Morgan fingerprint density at radius 1 is 0.684 bits per heavy atom. The van der Waals surface area contributed by atoms with E-state index in [4.69, 9.17) is 10.2 Å². The van der Waals surface area contributed by atoms with Crippen molar-refractivity contribution < 1.29 is 36.6 Å². The van der Waals surface area contributed by atoms with Crippen molar-refractivity contribution in [2.75, 3.05) is 23.0 Å². The van der Waals surface area contributed by atoms with E-state index in [1.54, 1.807) is 0 Å². The van der Waals surface area contributed by atoms with E-state index >= 15 is 0 Å². The lowest BCUT2D eigenvalue weighted by Crippen LogP contribution is -2.19. The first-order chi connectivity index (χ1) is 8.54. The predicted octanol–water partition coefficient (Wildman–Crippen LogP) is -0.844. The number of carboxylic acid groups (broad SMARTS) is 2. The van der Waals surface area contributed by atoms with E-state index in [2.05, 4.69) is 0 Å². The van der Waals surface area contributed by atoms with E-state index < -0.39 is 43.1 Å². The monoisotopic (exact) mass is 316 g/mol. The average molecular weight is 316 g/mol. The lowest BCUT2D eigenvalue weighted by atomic mass is 10.3. The molecule has 0 fully saturated rings. The number of carboxylic acids is 2. The molecule has 0 amide bonds. The van der Waals surface area contributed by atoms with Gasteiger partial charge in [0.2, 0.25) is 0 Å². The summed E-state index contributed by atoms with van der Waals surface area (Å²) in [7, 11) is -7.32. The van der Waals surface area contributed by atoms with Crippen LogP contribution in [0.15, 0.2) is 0 Å². The zero-order valence-corrected chi connectivity index (χ0v) is 11.7. The molecule has 0 aliphatic rings. The molecule has 0 saturated heterocycles. The maximum atomic E-state index is 11.2. The van der Waals surface area contributed by atoms with E-state index in [9.17, 15) is 26.4 Å². The highest BCUT2D eigenvalue weighted by molar-refractivity contribution is 7.92. The van der Waals surface area contributed by atoms with Crippen molar-refractivity contribution in [3.8, 4) is 0 Å². The van der Waals surface area contributed by atoms with Gasteiger partial charge in [0, 0.05) is 0 Å². The Hall–Kier alpha value is -1.16. The molecule has 0 aliphatic heterocycles. The predicted molar refractivity (Wildman–Crippen MR) is 66.4 cm³/mol. The second-order valence-electron chi connectivity index (χ2n) is 4.03. The number of rotatable bonds is 10.